The minimum Gasteiger partial charge on any atom is -0.299 e. The highest BCUT2D eigenvalue weighted by Gasteiger charge is 2.36. The summed E-state index contributed by atoms with van der Waals surface area (Å²) in [6.45, 7) is 1.54. The lowest BCUT2D eigenvalue weighted by molar-refractivity contribution is -0.484. The second-order valence-corrected chi connectivity index (χ2v) is 4.94. The van der Waals surface area contributed by atoms with Gasteiger partial charge in [-0.1, -0.05) is 12.1 Å². The normalized spacial score (nSPS) is 13.0. The minimum absolute atomic E-state index is 0.153. The Hall–Kier alpha value is -2.25. The minimum atomic E-state index is -4.53. The lowest BCUT2D eigenvalue weighted by atomic mass is 9.81. The molecular weight excluding hydrogens is 303 g/mol. The first-order valence-corrected chi connectivity index (χ1v) is 6.34. The van der Waals surface area contributed by atoms with Crippen molar-refractivity contribution < 1.29 is 27.7 Å². The van der Waals surface area contributed by atoms with E-state index in [9.17, 15) is 32.9 Å². The van der Waals surface area contributed by atoms with Crippen molar-refractivity contribution in [3.8, 4) is 0 Å². The standard InChI is InChI=1S/C14H14F3NO4/c1-8(19)13(9(2)20)12(7-18(21)22)10-3-5-11(6-4-10)14(15,16)17/h3-6,12-13H,7H2,1-2H3/t12-/m1/s1. The Morgan fingerprint density at radius 2 is 1.59 bits per heavy atom. The van der Waals surface area contributed by atoms with Crippen molar-refractivity contribution in [3.05, 3.63) is 45.5 Å². The average Bonchev–Trinajstić information content (AvgIpc) is 2.35. The molecule has 0 aromatic heterocycles. The molecule has 0 radical (unpaired) electrons. The van der Waals surface area contributed by atoms with E-state index in [0.29, 0.717) is 0 Å². The second kappa shape index (κ2) is 6.67. The van der Waals surface area contributed by atoms with Gasteiger partial charge >= 0.3 is 6.18 Å². The Kier molecular flexibility index (Phi) is 5.40. The van der Waals surface area contributed by atoms with Gasteiger partial charge in [-0.15, -0.1) is 0 Å². The van der Waals surface area contributed by atoms with E-state index in [2.05, 4.69) is 0 Å². The molecule has 0 N–H and O–H groups in total. The van der Waals surface area contributed by atoms with Gasteiger partial charge in [-0.25, -0.2) is 0 Å². The number of nitro groups is 1. The molecule has 0 aliphatic heterocycles. The molecule has 8 heteroatoms. The number of hydrogen-bond acceptors (Lipinski definition) is 4. The summed E-state index contributed by atoms with van der Waals surface area (Å²) in [5.74, 6) is -3.45. The van der Waals surface area contributed by atoms with E-state index in [0.717, 1.165) is 38.1 Å². The molecule has 0 unspecified atom stereocenters. The maximum absolute atomic E-state index is 12.5. The summed E-state index contributed by atoms with van der Waals surface area (Å²) in [6, 6.07) is 3.69. The molecule has 0 saturated heterocycles. The summed E-state index contributed by atoms with van der Waals surface area (Å²) in [5, 5.41) is 10.8. The number of carbonyl (C=O) groups excluding carboxylic acids is 2. The zero-order chi connectivity index (χ0) is 17.1. The molecule has 0 aliphatic rings. The van der Waals surface area contributed by atoms with Crippen LogP contribution in [0.3, 0.4) is 0 Å². The molecule has 0 bridgehead atoms. The number of hydrogen-bond donors (Lipinski definition) is 0. The first-order chi connectivity index (χ1) is 10.0. The first-order valence-electron chi connectivity index (χ1n) is 6.34. The smallest absolute Gasteiger partial charge is 0.299 e. The fraction of sp³-hybridized carbons (Fsp3) is 0.429. The van der Waals surface area contributed by atoms with E-state index in [4.69, 9.17) is 0 Å². The van der Waals surface area contributed by atoms with Crippen LogP contribution in [0, 0.1) is 16.0 Å². The Morgan fingerprint density at radius 1 is 1.14 bits per heavy atom. The zero-order valence-corrected chi connectivity index (χ0v) is 11.9. The van der Waals surface area contributed by atoms with Crippen LogP contribution in [-0.2, 0) is 15.8 Å². The van der Waals surface area contributed by atoms with Crippen molar-refractivity contribution in [1.82, 2.24) is 0 Å². The van der Waals surface area contributed by atoms with E-state index in [1.165, 1.54) is 0 Å². The molecule has 120 valence electrons. The Bertz CT molecular complexity index is 567. The maximum Gasteiger partial charge on any atom is 0.416 e. The number of nitrogens with zero attached hydrogens (tertiary/aromatic N) is 1. The number of alkyl halides is 3. The van der Waals surface area contributed by atoms with E-state index >= 15 is 0 Å². The van der Waals surface area contributed by atoms with Gasteiger partial charge < -0.3 is 0 Å². The summed E-state index contributed by atoms with van der Waals surface area (Å²) in [7, 11) is 0. The summed E-state index contributed by atoms with van der Waals surface area (Å²) in [5.41, 5.74) is -0.751. The molecule has 0 fully saturated rings. The molecule has 0 spiro atoms. The van der Waals surface area contributed by atoms with Gasteiger partial charge in [0.2, 0.25) is 6.54 Å². The van der Waals surface area contributed by atoms with Gasteiger partial charge in [0.1, 0.15) is 11.6 Å². The number of benzene rings is 1. The summed E-state index contributed by atoms with van der Waals surface area (Å²) >= 11 is 0. The Morgan fingerprint density at radius 3 is 1.91 bits per heavy atom. The highest BCUT2D eigenvalue weighted by Crippen LogP contribution is 2.32. The Labute approximate surface area is 124 Å². The van der Waals surface area contributed by atoms with Crippen LogP contribution in [0.5, 0.6) is 0 Å². The number of ketones is 2. The summed E-state index contributed by atoms with van der Waals surface area (Å²) in [6.07, 6.45) is -4.53. The average molecular weight is 317 g/mol. The van der Waals surface area contributed by atoms with Crippen LogP contribution in [0.2, 0.25) is 0 Å². The maximum atomic E-state index is 12.5. The van der Waals surface area contributed by atoms with Crippen LogP contribution in [-0.4, -0.2) is 23.0 Å². The van der Waals surface area contributed by atoms with Crippen LogP contribution in [0.15, 0.2) is 24.3 Å². The summed E-state index contributed by atoms with van der Waals surface area (Å²) in [4.78, 5) is 33.2. The molecule has 1 atom stereocenters. The number of halogens is 3. The predicted octanol–water partition coefficient (Wildman–Crippen LogP) is 2.86. The molecule has 0 amide bonds. The monoisotopic (exact) mass is 317 g/mol. The molecule has 0 heterocycles. The van der Waals surface area contributed by atoms with Gasteiger partial charge in [0.15, 0.2) is 0 Å². The highest BCUT2D eigenvalue weighted by atomic mass is 19.4. The fourth-order valence-electron chi connectivity index (χ4n) is 2.34. The number of Topliss-reactive ketones (excluding diaryl/α,β-unsaturated/α-hetero) is 2. The lowest BCUT2D eigenvalue weighted by Crippen LogP contribution is -2.31. The van der Waals surface area contributed by atoms with Gasteiger partial charge in [-0.3, -0.25) is 19.7 Å². The van der Waals surface area contributed by atoms with Gasteiger partial charge in [0, 0.05) is 4.92 Å². The number of carbonyl (C=O) groups is 2. The molecule has 22 heavy (non-hydrogen) atoms. The number of rotatable bonds is 6. The van der Waals surface area contributed by atoms with Crippen molar-refractivity contribution in [2.24, 2.45) is 5.92 Å². The van der Waals surface area contributed by atoms with Crippen LogP contribution >= 0.6 is 0 Å². The zero-order valence-electron chi connectivity index (χ0n) is 11.9. The lowest BCUT2D eigenvalue weighted by Gasteiger charge is -2.20. The SMILES string of the molecule is CC(=O)C(C(C)=O)[C@H](C[N+](=O)[O-])c1ccc(C(F)(F)F)cc1. The van der Waals surface area contributed by atoms with Crippen molar-refractivity contribution >= 4 is 11.6 Å². The van der Waals surface area contributed by atoms with Gasteiger partial charge in [0.25, 0.3) is 0 Å². The molecule has 1 aromatic rings. The summed E-state index contributed by atoms with van der Waals surface area (Å²) < 4.78 is 37.6. The van der Waals surface area contributed by atoms with E-state index < -0.39 is 46.6 Å². The molecular formula is C14H14F3NO4. The van der Waals surface area contributed by atoms with Crippen molar-refractivity contribution in [2.75, 3.05) is 6.54 Å². The van der Waals surface area contributed by atoms with Gasteiger partial charge in [0.05, 0.1) is 17.4 Å². The largest absolute Gasteiger partial charge is 0.416 e. The Balaban J connectivity index is 3.25. The van der Waals surface area contributed by atoms with E-state index in [-0.39, 0.29) is 5.56 Å². The molecule has 1 rings (SSSR count). The van der Waals surface area contributed by atoms with E-state index in [1.54, 1.807) is 0 Å². The third-order valence-electron chi connectivity index (χ3n) is 3.29. The topological polar surface area (TPSA) is 77.3 Å². The van der Waals surface area contributed by atoms with Crippen molar-refractivity contribution in [2.45, 2.75) is 25.9 Å². The first kappa shape index (κ1) is 17.8. The van der Waals surface area contributed by atoms with Crippen LogP contribution < -0.4 is 0 Å². The van der Waals surface area contributed by atoms with Crippen LogP contribution in [0.25, 0.3) is 0 Å². The van der Waals surface area contributed by atoms with Crippen LogP contribution in [0.1, 0.15) is 30.9 Å². The fourth-order valence-corrected chi connectivity index (χ4v) is 2.34. The molecule has 0 saturated carbocycles. The van der Waals surface area contributed by atoms with E-state index in [1.807, 2.05) is 0 Å². The van der Waals surface area contributed by atoms with Gasteiger partial charge in [-0.05, 0) is 31.5 Å². The molecule has 1 aromatic carbocycles. The predicted molar refractivity (Wildman–Crippen MR) is 70.9 cm³/mol. The molecule has 5 nitrogen and oxygen atoms in total. The van der Waals surface area contributed by atoms with Crippen molar-refractivity contribution in [1.29, 1.82) is 0 Å². The van der Waals surface area contributed by atoms with Crippen LogP contribution in [0.4, 0.5) is 13.2 Å². The third-order valence-corrected chi connectivity index (χ3v) is 3.29. The highest BCUT2D eigenvalue weighted by molar-refractivity contribution is 6.01. The molecule has 0 aliphatic carbocycles. The second-order valence-electron chi connectivity index (χ2n) is 4.94. The third kappa shape index (κ3) is 4.37. The quantitative estimate of drug-likeness (QED) is 0.459. The van der Waals surface area contributed by atoms with Gasteiger partial charge in [-0.2, -0.15) is 13.2 Å². The van der Waals surface area contributed by atoms with Crippen molar-refractivity contribution in [3.63, 3.8) is 0 Å².